The number of hydrogen-bond acceptors (Lipinski definition) is 2. The van der Waals surface area contributed by atoms with Crippen molar-refractivity contribution in [1.29, 1.82) is 0 Å². The largest absolute Gasteiger partial charge is 0.331 e. The van der Waals surface area contributed by atoms with Gasteiger partial charge in [-0.05, 0) is 36.9 Å². The van der Waals surface area contributed by atoms with Crippen LogP contribution in [0.5, 0.6) is 0 Å². The molecule has 0 saturated carbocycles. The highest BCUT2D eigenvalue weighted by Crippen LogP contribution is 2.22. The number of aryl methyl sites for hydroxylation is 1. The van der Waals surface area contributed by atoms with Crippen molar-refractivity contribution < 1.29 is 0 Å². The Kier molecular flexibility index (Phi) is 5.80. The van der Waals surface area contributed by atoms with E-state index in [4.69, 9.17) is 0 Å². The van der Waals surface area contributed by atoms with Crippen LogP contribution in [0.15, 0.2) is 79.1 Å². The lowest BCUT2D eigenvalue weighted by atomic mass is 9.99. The highest BCUT2D eigenvalue weighted by molar-refractivity contribution is 5.66. The summed E-state index contributed by atoms with van der Waals surface area (Å²) in [5.74, 6) is 1.07. The molecule has 1 aliphatic rings. The molecule has 0 unspecified atom stereocenters. The molecule has 2 aromatic carbocycles. The molecule has 2 heterocycles. The minimum atomic E-state index is 1.03. The Labute approximate surface area is 162 Å². The van der Waals surface area contributed by atoms with Crippen LogP contribution < -0.4 is 0 Å². The minimum Gasteiger partial charge on any atom is -0.331 e. The Morgan fingerprint density at radius 1 is 0.815 bits per heavy atom. The second-order valence-corrected chi connectivity index (χ2v) is 7.16. The third-order valence-corrected chi connectivity index (χ3v) is 5.31. The number of benzene rings is 2. The van der Waals surface area contributed by atoms with Gasteiger partial charge in [0, 0.05) is 37.6 Å². The molecule has 3 aromatic rings. The molecule has 0 fully saturated rings. The van der Waals surface area contributed by atoms with Gasteiger partial charge >= 0.3 is 0 Å². The van der Waals surface area contributed by atoms with Crippen molar-refractivity contribution in [3.63, 3.8) is 0 Å². The van der Waals surface area contributed by atoms with E-state index in [1.54, 1.807) is 0 Å². The van der Waals surface area contributed by atoms with Gasteiger partial charge in [0.1, 0.15) is 5.82 Å². The average molecular weight is 358 g/mol. The topological polar surface area (TPSA) is 21.1 Å². The average Bonchev–Trinajstić information content (AvgIpc) is 3.21. The number of hydrogen-bond donors (Lipinski definition) is 0. The molecule has 1 aliphatic heterocycles. The molecular weight excluding hydrogens is 330 g/mol. The predicted octanol–water partition coefficient (Wildman–Crippen LogP) is 5.12. The zero-order chi connectivity index (χ0) is 18.3. The number of imidazole rings is 1. The van der Waals surface area contributed by atoms with Crippen LogP contribution in [0.1, 0.15) is 24.8 Å². The highest BCUT2D eigenvalue weighted by atomic mass is 15.1. The maximum Gasteiger partial charge on any atom is 0.139 e. The van der Waals surface area contributed by atoms with Crippen LogP contribution in [-0.2, 0) is 6.54 Å². The van der Waals surface area contributed by atoms with Gasteiger partial charge in [-0.1, -0.05) is 66.7 Å². The number of nitrogens with zero attached hydrogens (tertiary/aromatic N) is 3. The van der Waals surface area contributed by atoms with Gasteiger partial charge in [0.25, 0.3) is 0 Å². The van der Waals surface area contributed by atoms with Crippen molar-refractivity contribution in [2.75, 3.05) is 19.6 Å². The van der Waals surface area contributed by atoms with Crippen molar-refractivity contribution in [3.8, 4) is 11.4 Å². The molecule has 138 valence electrons. The predicted molar refractivity (Wildman–Crippen MR) is 112 cm³/mol. The normalized spacial score (nSPS) is 14.9. The van der Waals surface area contributed by atoms with E-state index in [0.717, 1.165) is 25.3 Å². The molecule has 4 rings (SSSR count). The Morgan fingerprint density at radius 2 is 1.52 bits per heavy atom. The number of unbranched alkanes of at least 4 members (excludes halogenated alkanes) is 1. The molecule has 27 heavy (non-hydrogen) atoms. The van der Waals surface area contributed by atoms with E-state index in [1.165, 1.54) is 42.6 Å². The summed E-state index contributed by atoms with van der Waals surface area (Å²) in [6.45, 7) is 4.45. The fourth-order valence-corrected chi connectivity index (χ4v) is 3.78. The van der Waals surface area contributed by atoms with E-state index in [1.807, 2.05) is 12.3 Å². The van der Waals surface area contributed by atoms with Crippen LogP contribution in [0.3, 0.4) is 0 Å². The lowest BCUT2D eigenvalue weighted by molar-refractivity contribution is 0.292. The first-order valence-electron chi connectivity index (χ1n) is 9.93. The van der Waals surface area contributed by atoms with Gasteiger partial charge in [-0.15, -0.1) is 0 Å². The fourth-order valence-electron chi connectivity index (χ4n) is 3.78. The van der Waals surface area contributed by atoms with Crippen LogP contribution in [0.2, 0.25) is 0 Å². The van der Waals surface area contributed by atoms with E-state index >= 15 is 0 Å². The van der Waals surface area contributed by atoms with Gasteiger partial charge in [-0.3, -0.25) is 4.90 Å². The minimum absolute atomic E-state index is 1.03. The zero-order valence-electron chi connectivity index (χ0n) is 15.8. The van der Waals surface area contributed by atoms with Crippen molar-refractivity contribution >= 4 is 5.57 Å². The zero-order valence-corrected chi connectivity index (χ0v) is 15.8. The molecule has 0 N–H and O–H groups in total. The SMILES string of the molecule is C1=C(c2ccccc2)CCN(CCCCn2ccnc2-c2ccccc2)C1. The van der Waals surface area contributed by atoms with Crippen molar-refractivity contribution in [3.05, 3.63) is 84.7 Å². The maximum atomic E-state index is 4.54. The monoisotopic (exact) mass is 357 g/mol. The second kappa shape index (κ2) is 8.83. The third kappa shape index (κ3) is 4.55. The first-order valence-corrected chi connectivity index (χ1v) is 9.93. The molecule has 0 bridgehead atoms. The van der Waals surface area contributed by atoms with Crippen LogP contribution in [0, 0.1) is 0 Å². The summed E-state index contributed by atoms with van der Waals surface area (Å²) in [5, 5.41) is 0. The lowest BCUT2D eigenvalue weighted by Gasteiger charge is -2.26. The summed E-state index contributed by atoms with van der Waals surface area (Å²) in [6, 6.07) is 21.2. The van der Waals surface area contributed by atoms with Crippen molar-refractivity contribution in [2.24, 2.45) is 0 Å². The van der Waals surface area contributed by atoms with Crippen molar-refractivity contribution in [2.45, 2.75) is 25.8 Å². The van der Waals surface area contributed by atoms with Gasteiger partial charge in [0.05, 0.1) is 0 Å². The second-order valence-electron chi connectivity index (χ2n) is 7.16. The molecular formula is C24H27N3. The number of rotatable bonds is 7. The van der Waals surface area contributed by atoms with Gasteiger partial charge in [-0.2, -0.15) is 0 Å². The molecule has 0 saturated heterocycles. The standard InChI is InChI=1S/C24H27N3/c1-3-9-21(10-4-1)22-13-18-26(19-14-22)16-7-8-17-27-20-15-25-24(27)23-11-5-2-6-12-23/h1-6,9-13,15,20H,7-8,14,16-19H2. The molecule has 0 aliphatic carbocycles. The Balaban J connectivity index is 1.24. The van der Waals surface area contributed by atoms with Crippen LogP contribution in [-0.4, -0.2) is 34.1 Å². The summed E-state index contributed by atoms with van der Waals surface area (Å²) < 4.78 is 2.28. The van der Waals surface area contributed by atoms with E-state index in [2.05, 4.69) is 81.3 Å². The first-order chi connectivity index (χ1) is 13.4. The molecule has 0 amide bonds. The molecule has 0 atom stereocenters. The van der Waals surface area contributed by atoms with Gasteiger partial charge in [0.15, 0.2) is 0 Å². The smallest absolute Gasteiger partial charge is 0.139 e. The first kappa shape index (κ1) is 17.7. The molecule has 1 aromatic heterocycles. The molecule has 3 heteroatoms. The molecule has 0 spiro atoms. The highest BCUT2D eigenvalue weighted by Gasteiger charge is 2.12. The van der Waals surface area contributed by atoms with Gasteiger partial charge < -0.3 is 4.57 Å². The summed E-state index contributed by atoms with van der Waals surface area (Å²) in [4.78, 5) is 7.10. The molecule has 3 nitrogen and oxygen atoms in total. The third-order valence-electron chi connectivity index (χ3n) is 5.31. The quantitative estimate of drug-likeness (QED) is 0.547. The summed E-state index contributed by atoms with van der Waals surface area (Å²) >= 11 is 0. The van der Waals surface area contributed by atoms with E-state index in [-0.39, 0.29) is 0 Å². The van der Waals surface area contributed by atoms with Gasteiger partial charge in [-0.25, -0.2) is 4.98 Å². The van der Waals surface area contributed by atoms with Crippen molar-refractivity contribution in [1.82, 2.24) is 14.5 Å². The Bertz CT molecular complexity index is 865. The summed E-state index contributed by atoms with van der Waals surface area (Å²) in [7, 11) is 0. The molecule has 0 radical (unpaired) electrons. The number of aromatic nitrogens is 2. The van der Waals surface area contributed by atoms with Crippen LogP contribution in [0.4, 0.5) is 0 Å². The lowest BCUT2D eigenvalue weighted by Crippen LogP contribution is -2.29. The fraction of sp³-hybridized carbons (Fsp3) is 0.292. The van der Waals surface area contributed by atoms with E-state index in [0.29, 0.717) is 0 Å². The maximum absolute atomic E-state index is 4.54. The van der Waals surface area contributed by atoms with E-state index in [9.17, 15) is 0 Å². The van der Waals surface area contributed by atoms with Crippen LogP contribution in [0.25, 0.3) is 17.0 Å². The van der Waals surface area contributed by atoms with E-state index < -0.39 is 0 Å². The van der Waals surface area contributed by atoms with Crippen LogP contribution >= 0.6 is 0 Å². The summed E-state index contributed by atoms with van der Waals surface area (Å²) in [6.07, 6.45) is 9.97. The summed E-state index contributed by atoms with van der Waals surface area (Å²) in [5.41, 5.74) is 4.07. The Morgan fingerprint density at radius 3 is 2.22 bits per heavy atom. The Hall–Kier alpha value is -2.65. The van der Waals surface area contributed by atoms with Gasteiger partial charge in [0.2, 0.25) is 0 Å².